The number of hydrogen-bond acceptors (Lipinski definition) is 3. The third-order valence-corrected chi connectivity index (χ3v) is 1.94. The van der Waals surface area contributed by atoms with Gasteiger partial charge in [-0.2, -0.15) is 0 Å². The van der Waals surface area contributed by atoms with Gasteiger partial charge in [0.15, 0.2) is 0 Å². The first-order valence-corrected chi connectivity index (χ1v) is 4.11. The van der Waals surface area contributed by atoms with E-state index in [1.165, 1.54) is 5.56 Å². The van der Waals surface area contributed by atoms with Gasteiger partial charge in [0.05, 0.1) is 17.5 Å². The Hall–Kier alpha value is -1.64. The second-order valence-corrected chi connectivity index (χ2v) is 3.01. The normalized spacial score (nSPS) is 10.3. The molecule has 0 aliphatic heterocycles. The maximum atomic E-state index is 4.97. The Morgan fingerprint density at radius 1 is 1.31 bits per heavy atom. The molecule has 0 aliphatic rings. The molecule has 0 saturated heterocycles. The Labute approximate surface area is 76.4 Å². The average molecular weight is 174 g/mol. The number of rotatable bonds is 1. The molecule has 0 aromatic carbocycles. The average Bonchev–Trinajstić information content (AvgIpc) is 2.51. The predicted molar refractivity (Wildman–Crippen MR) is 49.2 cm³/mol. The summed E-state index contributed by atoms with van der Waals surface area (Å²) in [5.41, 5.74) is 3.06. The van der Waals surface area contributed by atoms with Gasteiger partial charge in [-0.25, -0.2) is 0 Å². The second-order valence-electron chi connectivity index (χ2n) is 3.01. The molecule has 3 heteroatoms. The topological polar surface area (TPSA) is 38.9 Å². The smallest absolute Gasteiger partial charge is 0.143 e. The molecule has 0 unspecified atom stereocenters. The molecule has 2 rings (SSSR count). The zero-order chi connectivity index (χ0) is 9.26. The van der Waals surface area contributed by atoms with Crippen molar-refractivity contribution in [2.75, 3.05) is 0 Å². The molecule has 66 valence electrons. The minimum atomic E-state index is 0.804. The molecule has 2 aromatic rings. The summed E-state index contributed by atoms with van der Waals surface area (Å²) in [6.45, 7) is 3.92. The van der Waals surface area contributed by atoms with Crippen molar-refractivity contribution in [2.24, 2.45) is 0 Å². The Balaban J connectivity index is 2.53. The second kappa shape index (κ2) is 3.01. The van der Waals surface area contributed by atoms with Crippen LogP contribution in [0.4, 0.5) is 0 Å². The molecule has 0 N–H and O–H groups in total. The van der Waals surface area contributed by atoms with Crippen LogP contribution in [0.15, 0.2) is 29.0 Å². The van der Waals surface area contributed by atoms with Crippen LogP contribution >= 0.6 is 0 Å². The summed E-state index contributed by atoms with van der Waals surface area (Å²) >= 11 is 0. The Bertz CT molecular complexity index is 420. The first-order chi connectivity index (χ1) is 6.27. The molecule has 0 fully saturated rings. The van der Waals surface area contributed by atoms with E-state index in [1.54, 1.807) is 12.4 Å². The van der Waals surface area contributed by atoms with Gasteiger partial charge in [-0.1, -0.05) is 5.16 Å². The maximum Gasteiger partial charge on any atom is 0.143 e. The fraction of sp³-hybridized carbons (Fsp3) is 0.200. The van der Waals surface area contributed by atoms with Crippen LogP contribution in [0.3, 0.4) is 0 Å². The van der Waals surface area contributed by atoms with Crippen molar-refractivity contribution in [3.8, 4) is 11.3 Å². The van der Waals surface area contributed by atoms with Crippen LogP contribution in [0.5, 0.6) is 0 Å². The van der Waals surface area contributed by atoms with Crippen LogP contribution in [0.25, 0.3) is 11.3 Å². The number of aromatic nitrogens is 2. The van der Waals surface area contributed by atoms with Gasteiger partial charge in [0, 0.05) is 6.20 Å². The lowest BCUT2D eigenvalue weighted by Gasteiger charge is -1.97. The van der Waals surface area contributed by atoms with Gasteiger partial charge in [-0.05, 0) is 31.5 Å². The molecule has 0 spiro atoms. The van der Waals surface area contributed by atoms with E-state index >= 15 is 0 Å². The van der Waals surface area contributed by atoms with E-state index in [0.29, 0.717) is 0 Å². The van der Waals surface area contributed by atoms with Gasteiger partial charge < -0.3 is 4.52 Å². The van der Waals surface area contributed by atoms with Crippen molar-refractivity contribution in [3.63, 3.8) is 0 Å². The molecule has 2 aromatic heterocycles. The number of hydrogen-bond donors (Lipinski definition) is 0. The van der Waals surface area contributed by atoms with Gasteiger partial charge in [-0.15, -0.1) is 0 Å². The third-order valence-electron chi connectivity index (χ3n) is 1.94. The largest absolute Gasteiger partial charge is 0.361 e. The molecule has 0 bridgehead atoms. The van der Waals surface area contributed by atoms with E-state index in [1.807, 2.05) is 26.0 Å². The molecule has 0 amide bonds. The van der Waals surface area contributed by atoms with Crippen LogP contribution in [0.2, 0.25) is 0 Å². The molecule has 0 aliphatic carbocycles. The highest BCUT2D eigenvalue weighted by molar-refractivity contribution is 5.60. The van der Waals surface area contributed by atoms with Crippen molar-refractivity contribution >= 4 is 0 Å². The van der Waals surface area contributed by atoms with Crippen LogP contribution in [0.1, 0.15) is 11.3 Å². The van der Waals surface area contributed by atoms with Crippen molar-refractivity contribution in [1.82, 2.24) is 10.1 Å². The highest BCUT2D eigenvalue weighted by Gasteiger charge is 2.06. The summed E-state index contributed by atoms with van der Waals surface area (Å²) in [7, 11) is 0. The van der Waals surface area contributed by atoms with Crippen molar-refractivity contribution in [2.45, 2.75) is 13.8 Å². The van der Waals surface area contributed by atoms with E-state index in [4.69, 9.17) is 4.52 Å². The molecule has 13 heavy (non-hydrogen) atoms. The summed E-state index contributed by atoms with van der Waals surface area (Å²) in [4.78, 5) is 4.24. The van der Waals surface area contributed by atoms with Crippen LogP contribution in [-0.4, -0.2) is 10.1 Å². The van der Waals surface area contributed by atoms with Crippen LogP contribution in [0, 0.1) is 13.8 Å². The zero-order valence-corrected chi connectivity index (χ0v) is 7.61. The lowest BCUT2D eigenvalue weighted by Crippen LogP contribution is -1.83. The number of pyridine rings is 1. The van der Waals surface area contributed by atoms with Crippen LogP contribution in [-0.2, 0) is 0 Å². The summed E-state index contributed by atoms with van der Waals surface area (Å²) in [6, 6.07) is 3.98. The molecule has 0 atom stereocenters. The lowest BCUT2D eigenvalue weighted by molar-refractivity contribution is 0.398. The van der Waals surface area contributed by atoms with Crippen molar-refractivity contribution in [1.29, 1.82) is 0 Å². The van der Waals surface area contributed by atoms with E-state index in [2.05, 4.69) is 10.1 Å². The van der Waals surface area contributed by atoms with Gasteiger partial charge >= 0.3 is 0 Å². The first kappa shape index (κ1) is 7.98. The van der Waals surface area contributed by atoms with E-state index in [9.17, 15) is 0 Å². The number of aryl methyl sites for hydroxylation is 2. The van der Waals surface area contributed by atoms with E-state index in [0.717, 1.165) is 17.0 Å². The fourth-order valence-electron chi connectivity index (χ4n) is 1.23. The van der Waals surface area contributed by atoms with E-state index < -0.39 is 0 Å². The quantitative estimate of drug-likeness (QED) is 0.666. The molecule has 0 radical (unpaired) electrons. The predicted octanol–water partition coefficient (Wildman–Crippen LogP) is 2.35. The molecular weight excluding hydrogens is 164 g/mol. The zero-order valence-electron chi connectivity index (χ0n) is 7.61. The monoisotopic (exact) mass is 174 g/mol. The minimum Gasteiger partial charge on any atom is -0.361 e. The first-order valence-electron chi connectivity index (χ1n) is 4.11. The Kier molecular flexibility index (Phi) is 1.85. The molecular formula is C10H10N2O. The standard InChI is InChI=1S/C10H10N2O/c1-7-3-4-11-10(5-7)9-6-12-13-8(9)2/h3-6H,1-2H3. The van der Waals surface area contributed by atoms with Gasteiger partial charge in [-0.3, -0.25) is 4.98 Å². The summed E-state index contributed by atoms with van der Waals surface area (Å²) in [5, 5.41) is 3.71. The lowest BCUT2D eigenvalue weighted by atomic mass is 10.1. The van der Waals surface area contributed by atoms with Gasteiger partial charge in [0.1, 0.15) is 5.76 Å². The number of nitrogens with zero attached hydrogens (tertiary/aromatic N) is 2. The SMILES string of the molecule is Cc1ccnc(-c2cnoc2C)c1. The fourth-order valence-corrected chi connectivity index (χ4v) is 1.23. The maximum absolute atomic E-state index is 4.97. The molecule has 3 nitrogen and oxygen atoms in total. The van der Waals surface area contributed by atoms with Crippen LogP contribution < -0.4 is 0 Å². The summed E-state index contributed by atoms with van der Waals surface area (Å²) in [6.07, 6.45) is 3.48. The van der Waals surface area contributed by atoms with Crippen molar-refractivity contribution in [3.05, 3.63) is 35.9 Å². The molecule has 0 saturated carbocycles. The van der Waals surface area contributed by atoms with Crippen molar-refractivity contribution < 1.29 is 4.52 Å². The highest BCUT2D eigenvalue weighted by atomic mass is 16.5. The summed E-state index contributed by atoms with van der Waals surface area (Å²) < 4.78 is 4.97. The van der Waals surface area contributed by atoms with Gasteiger partial charge in [0.2, 0.25) is 0 Å². The minimum absolute atomic E-state index is 0.804. The highest BCUT2D eigenvalue weighted by Crippen LogP contribution is 2.20. The summed E-state index contributed by atoms with van der Waals surface area (Å²) in [5.74, 6) is 0.804. The van der Waals surface area contributed by atoms with E-state index in [-0.39, 0.29) is 0 Å². The Morgan fingerprint density at radius 3 is 2.77 bits per heavy atom. The van der Waals surface area contributed by atoms with Gasteiger partial charge in [0.25, 0.3) is 0 Å². The Morgan fingerprint density at radius 2 is 2.15 bits per heavy atom. The molecule has 2 heterocycles. The third kappa shape index (κ3) is 1.45.